The van der Waals surface area contributed by atoms with Crippen molar-refractivity contribution in [2.24, 2.45) is 5.92 Å². The topological polar surface area (TPSA) is 46.2 Å². The first-order valence-electron chi connectivity index (χ1n) is 5.71. The second-order valence-electron chi connectivity index (χ2n) is 4.80. The van der Waals surface area contributed by atoms with Crippen LogP contribution >= 0.6 is 0 Å². The predicted molar refractivity (Wildman–Crippen MR) is 59.0 cm³/mol. The van der Waals surface area contributed by atoms with Crippen LogP contribution in [0.25, 0.3) is 0 Å². The van der Waals surface area contributed by atoms with Crippen molar-refractivity contribution < 1.29 is 21.6 Å². The van der Waals surface area contributed by atoms with Crippen LogP contribution in [0.5, 0.6) is 0 Å². The number of sulfonamides is 1. The Hall–Kier alpha value is -0.300. The molecule has 17 heavy (non-hydrogen) atoms. The average Bonchev–Trinajstić information content (AvgIpc) is 2.16. The fourth-order valence-electron chi connectivity index (χ4n) is 1.91. The molecule has 0 aromatic heterocycles. The Labute approximate surface area is 99.8 Å². The lowest BCUT2D eigenvalue weighted by Crippen LogP contribution is -2.42. The molecule has 1 aliphatic carbocycles. The molecule has 0 bridgehead atoms. The predicted octanol–water partition coefficient (Wildman–Crippen LogP) is 2.44. The number of rotatable bonds is 3. The number of hydrogen-bond donors (Lipinski definition) is 1. The minimum atomic E-state index is -4.15. The molecule has 0 aromatic rings. The van der Waals surface area contributed by atoms with E-state index in [9.17, 15) is 21.6 Å². The summed E-state index contributed by atoms with van der Waals surface area (Å²) in [6, 6.07) is -0.346. The van der Waals surface area contributed by atoms with Gasteiger partial charge in [-0.1, -0.05) is 0 Å². The maximum atomic E-state index is 12.4. The molecule has 0 saturated heterocycles. The molecule has 0 radical (unpaired) electrons. The molecule has 0 heterocycles. The third-order valence-electron chi connectivity index (χ3n) is 3.14. The van der Waals surface area contributed by atoms with Crippen LogP contribution in [-0.4, -0.2) is 25.9 Å². The first kappa shape index (κ1) is 14.8. The zero-order valence-corrected chi connectivity index (χ0v) is 10.7. The maximum Gasteiger partial charge on any atom is 0.391 e. The molecule has 0 unspecified atom stereocenters. The normalized spacial score (nSPS) is 27.4. The molecular formula is C10H18F3NO2S. The van der Waals surface area contributed by atoms with E-state index in [4.69, 9.17) is 0 Å². The molecule has 3 nitrogen and oxygen atoms in total. The standard InChI is InChI=1S/C10H18F3NO2S/c1-7(2)17(15,16)14-9-5-3-8(4-6-9)10(11,12)13/h7-9,14H,3-6H2,1-2H3. The Kier molecular flexibility index (Phi) is 4.46. The molecule has 1 rings (SSSR count). The molecule has 0 aromatic carbocycles. The van der Waals surface area contributed by atoms with E-state index < -0.39 is 27.4 Å². The summed E-state index contributed by atoms with van der Waals surface area (Å²) >= 11 is 0. The summed E-state index contributed by atoms with van der Waals surface area (Å²) in [7, 11) is -3.38. The van der Waals surface area contributed by atoms with Gasteiger partial charge in [0, 0.05) is 6.04 Å². The Balaban J connectivity index is 2.49. The van der Waals surface area contributed by atoms with Gasteiger partial charge < -0.3 is 0 Å². The molecule has 0 aliphatic heterocycles. The zero-order valence-electron chi connectivity index (χ0n) is 9.92. The van der Waals surface area contributed by atoms with E-state index in [1.807, 2.05) is 0 Å². The van der Waals surface area contributed by atoms with Gasteiger partial charge in [-0.25, -0.2) is 13.1 Å². The van der Waals surface area contributed by atoms with E-state index in [-0.39, 0.29) is 31.7 Å². The first-order chi connectivity index (χ1) is 7.63. The number of hydrogen-bond acceptors (Lipinski definition) is 2. The lowest BCUT2D eigenvalue weighted by molar-refractivity contribution is -0.182. The summed E-state index contributed by atoms with van der Waals surface area (Å²) in [6.07, 6.45) is -3.61. The van der Waals surface area contributed by atoms with Crippen LogP contribution in [0.2, 0.25) is 0 Å². The van der Waals surface area contributed by atoms with Gasteiger partial charge in [0.05, 0.1) is 11.2 Å². The van der Waals surface area contributed by atoms with E-state index in [1.54, 1.807) is 13.8 Å². The summed E-state index contributed by atoms with van der Waals surface area (Å²) in [5, 5.41) is -0.553. The van der Waals surface area contributed by atoms with E-state index in [0.717, 1.165) is 0 Å². The molecule has 0 amide bonds. The van der Waals surface area contributed by atoms with E-state index in [0.29, 0.717) is 0 Å². The molecule has 1 saturated carbocycles. The summed E-state index contributed by atoms with van der Waals surface area (Å²) in [5.74, 6) is -1.28. The number of nitrogens with one attached hydrogen (secondary N) is 1. The molecule has 0 atom stereocenters. The lowest BCUT2D eigenvalue weighted by Gasteiger charge is -2.30. The Morgan fingerprint density at radius 1 is 1.12 bits per heavy atom. The van der Waals surface area contributed by atoms with Gasteiger partial charge in [-0.2, -0.15) is 13.2 Å². The maximum absolute atomic E-state index is 12.4. The Bertz CT molecular complexity index is 343. The van der Waals surface area contributed by atoms with Crippen LogP contribution in [0.3, 0.4) is 0 Å². The minimum absolute atomic E-state index is 0.00871. The van der Waals surface area contributed by atoms with Crippen molar-refractivity contribution in [1.82, 2.24) is 4.72 Å². The molecule has 7 heteroatoms. The molecule has 1 N–H and O–H groups in total. The third-order valence-corrected chi connectivity index (χ3v) is 5.04. The molecule has 1 fully saturated rings. The minimum Gasteiger partial charge on any atom is -0.212 e. The Morgan fingerprint density at radius 3 is 1.94 bits per heavy atom. The van der Waals surface area contributed by atoms with E-state index >= 15 is 0 Å². The highest BCUT2D eigenvalue weighted by atomic mass is 32.2. The SMILES string of the molecule is CC(C)S(=O)(=O)NC1CCC(C(F)(F)F)CC1. The van der Waals surface area contributed by atoms with Gasteiger partial charge in [-0.3, -0.25) is 0 Å². The highest BCUT2D eigenvalue weighted by Crippen LogP contribution is 2.37. The molecular weight excluding hydrogens is 255 g/mol. The molecule has 1 aliphatic rings. The van der Waals surface area contributed by atoms with Crippen LogP contribution in [0.15, 0.2) is 0 Å². The highest BCUT2D eigenvalue weighted by Gasteiger charge is 2.41. The summed E-state index contributed by atoms with van der Waals surface area (Å²) in [5.41, 5.74) is 0. The van der Waals surface area contributed by atoms with Gasteiger partial charge in [-0.05, 0) is 39.5 Å². The van der Waals surface area contributed by atoms with Crippen LogP contribution in [0.4, 0.5) is 13.2 Å². The van der Waals surface area contributed by atoms with Crippen molar-refractivity contribution in [2.45, 2.75) is 57.0 Å². The zero-order chi connectivity index (χ0) is 13.3. The largest absolute Gasteiger partial charge is 0.391 e. The van der Waals surface area contributed by atoms with Gasteiger partial charge in [-0.15, -0.1) is 0 Å². The average molecular weight is 273 g/mol. The fourth-order valence-corrected chi connectivity index (χ4v) is 2.88. The Morgan fingerprint density at radius 2 is 1.59 bits per heavy atom. The molecule has 0 spiro atoms. The summed E-state index contributed by atoms with van der Waals surface area (Å²) < 4.78 is 62.7. The van der Waals surface area contributed by atoms with Crippen molar-refractivity contribution in [3.05, 3.63) is 0 Å². The quantitative estimate of drug-likeness (QED) is 0.858. The van der Waals surface area contributed by atoms with Gasteiger partial charge >= 0.3 is 6.18 Å². The summed E-state index contributed by atoms with van der Waals surface area (Å²) in [4.78, 5) is 0. The lowest BCUT2D eigenvalue weighted by atomic mass is 9.86. The van der Waals surface area contributed by atoms with Gasteiger partial charge in [0.1, 0.15) is 0 Å². The van der Waals surface area contributed by atoms with Crippen molar-refractivity contribution in [1.29, 1.82) is 0 Å². The number of alkyl halides is 3. The fraction of sp³-hybridized carbons (Fsp3) is 1.00. The second-order valence-corrected chi connectivity index (χ2v) is 7.07. The van der Waals surface area contributed by atoms with Gasteiger partial charge in [0.2, 0.25) is 10.0 Å². The molecule has 102 valence electrons. The third kappa shape index (κ3) is 4.13. The van der Waals surface area contributed by atoms with Crippen LogP contribution in [0, 0.1) is 5.92 Å². The van der Waals surface area contributed by atoms with Crippen molar-refractivity contribution in [3.63, 3.8) is 0 Å². The monoisotopic (exact) mass is 273 g/mol. The first-order valence-corrected chi connectivity index (χ1v) is 7.25. The van der Waals surface area contributed by atoms with Gasteiger partial charge in [0.25, 0.3) is 0 Å². The van der Waals surface area contributed by atoms with Gasteiger partial charge in [0.15, 0.2) is 0 Å². The van der Waals surface area contributed by atoms with Crippen molar-refractivity contribution in [3.8, 4) is 0 Å². The van der Waals surface area contributed by atoms with Crippen LogP contribution < -0.4 is 4.72 Å². The van der Waals surface area contributed by atoms with Crippen LogP contribution in [0.1, 0.15) is 39.5 Å². The summed E-state index contributed by atoms with van der Waals surface area (Å²) in [6.45, 7) is 3.09. The van der Waals surface area contributed by atoms with E-state index in [1.165, 1.54) is 0 Å². The van der Waals surface area contributed by atoms with Crippen LogP contribution in [-0.2, 0) is 10.0 Å². The van der Waals surface area contributed by atoms with Crippen molar-refractivity contribution in [2.75, 3.05) is 0 Å². The number of halogens is 3. The smallest absolute Gasteiger partial charge is 0.212 e. The van der Waals surface area contributed by atoms with E-state index in [2.05, 4.69) is 4.72 Å². The second kappa shape index (κ2) is 5.14. The van der Waals surface area contributed by atoms with Crippen molar-refractivity contribution >= 4 is 10.0 Å². The highest BCUT2D eigenvalue weighted by molar-refractivity contribution is 7.90.